The minimum atomic E-state index is 0.383. The maximum Gasteiger partial charge on any atom is 0.227 e. The third kappa shape index (κ3) is 3.60. The lowest BCUT2D eigenvalue weighted by atomic mass is 10.1. The molecule has 0 saturated heterocycles. The van der Waals surface area contributed by atoms with Crippen LogP contribution in [0.15, 0.2) is 43.1 Å². The fourth-order valence-corrected chi connectivity index (χ4v) is 3.97. The SMILES string of the molecule is COc1ncnc(C2CC2)c1-c1nc(NCc2ccc(-n3nncc3C)cc2)c2[nH]cnc2n1. The van der Waals surface area contributed by atoms with Gasteiger partial charge >= 0.3 is 0 Å². The fourth-order valence-electron chi connectivity index (χ4n) is 3.97. The van der Waals surface area contributed by atoms with Crippen LogP contribution in [0.4, 0.5) is 5.82 Å². The van der Waals surface area contributed by atoms with Crippen LogP contribution in [0.25, 0.3) is 28.2 Å². The Morgan fingerprint density at radius 3 is 2.71 bits per heavy atom. The number of imidazole rings is 1. The van der Waals surface area contributed by atoms with Crippen LogP contribution in [0.2, 0.25) is 0 Å². The number of hydrogen-bond donors (Lipinski definition) is 2. The summed E-state index contributed by atoms with van der Waals surface area (Å²) < 4.78 is 7.34. The van der Waals surface area contributed by atoms with E-state index in [0.717, 1.165) is 46.6 Å². The Balaban J connectivity index is 1.32. The molecule has 0 atom stereocenters. The molecule has 0 radical (unpaired) electrons. The number of hydrogen-bond acceptors (Lipinski definition) is 9. The Hall–Kier alpha value is -4.41. The van der Waals surface area contributed by atoms with Gasteiger partial charge in [0.05, 0.1) is 36.7 Å². The molecule has 0 amide bonds. The van der Waals surface area contributed by atoms with E-state index in [1.165, 1.54) is 6.33 Å². The zero-order valence-electron chi connectivity index (χ0n) is 18.7. The molecule has 4 aromatic heterocycles. The Labute approximate surface area is 194 Å². The van der Waals surface area contributed by atoms with Crippen LogP contribution < -0.4 is 10.1 Å². The number of aromatic nitrogens is 9. The molecule has 0 bridgehead atoms. The van der Waals surface area contributed by atoms with Gasteiger partial charge in [-0.2, -0.15) is 0 Å². The molecular weight excluding hydrogens is 432 g/mol. The number of nitrogens with zero attached hydrogens (tertiary/aromatic N) is 8. The number of aromatic amines is 1. The molecule has 1 fully saturated rings. The number of fused-ring (bicyclic) bond motifs is 1. The van der Waals surface area contributed by atoms with Gasteiger partial charge in [0.15, 0.2) is 17.3 Å². The van der Waals surface area contributed by atoms with Gasteiger partial charge < -0.3 is 15.0 Å². The molecule has 11 nitrogen and oxygen atoms in total. The Bertz CT molecular complexity index is 1470. The third-order valence-electron chi connectivity index (χ3n) is 5.87. The smallest absolute Gasteiger partial charge is 0.227 e. The predicted molar refractivity (Wildman–Crippen MR) is 125 cm³/mol. The average molecular weight is 454 g/mol. The highest BCUT2D eigenvalue weighted by atomic mass is 16.5. The summed E-state index contributed by atoms with van der Waals surface area (Å²) in [6.07, 6.45) is 7.07. The summed E-state index contributed by atoms with van der Waals surface area (Å²) >= 11 is 0. The highest BCUT2D eigenvalue weighted by Gasteiger charge is 2.31. The van der Waals surface area contributed by atoms with Gasteiger partial charge in [0.1, 0.15) is 17.4 Å². The lowest BCUT2D eigenvalue weighted by Crippen LogP contribution is -2.07. The van der Waals surface area contributed by atoms with Crippen molar-refractivity contribution in [2.24, 2.45) is 0 Å². The number of H-pyrrole nitrogens is 1. The summed E-state index contributed by atoms with van der Waals surface area (Å²) in [6.45, 7) is 2.54. The predicted octanol–water partition coefficient (Wildman–Crippen LogP) is 3.20. The molecule has 0 unspecified atom stereocenters. The van der Waals surface area contributed by atoms with Gasteiger partial charge in [-0.05, 0) is 37.5 Å². The van der Waals surface area contributed by atoms with Crippen LogP contribution in [0.1, 0.15) is 35.7 Å². The van der Waals surface area contributed by atoms with Crippen molar-refractivity contribution in [2.75, 3.05) is 12.4 Å². The molecule has 1 aliphatic rings. The van der Waals surface area contributed by atoms with E-state index in [1.54, 1.807) is 24.3 Å². The monoisotopic (exact) mass is 454 g/mol. The van der Waals surface area contributed by atoms with E-state index in [2.05, 4.69) is 52.7 Å². The maximum absolute atomic E-state index is 5.54. The molecule has 6 rings (SSSR count). The summed E-state index contributed by atoms with van der Waals surface area (Å²) in [4.78, 5) is 25.8. The van der Waals surface area contributed by atoms with E-state index in [4.69, 9.17) is 9.72 Å². The number of benzene rings is 1. The highest BCUT2D eigenvalue weighted by molar-refractivity contribution is 5.85. The summed E-state index contributed by atoms with van der Waals surface area (Å²) in [5.41, 5.74) is 5.99. The van der Waals surface area contributed by atoms with E-state index < -0.39 is 0 Å². The quantitative estimate of drug-likeness (QED) is 0.380. The van der Waals surface area contributed by atoms with Gasteiger partial charge in [-0.15, -0.1) is 5.10 Å². The van der Waals surface area contributed by atoms with Crippen LogP contribution in [0.5, 0.6) is 5.88 Å². The lowest BCUT2D eigenvalue weighted by molar-refractivity contribution is 0.397. The molecule has 1 aromatic carbocycles. The van der Waals surface area contributed by atoms with E-state index in [9.17, 15) is 0 Å². The molecule has 4 heterocycles. The Kier molecular flexibility index (Phi) is 4.86. The first-order valence-corrected chi connectivity index (χ1v) is 11.0. The zero-order valence-corrected chi connectivity index (χ0v) is 18.7. The van der Waals surface area contributed by atoms with E-state index in [1.807, 2.05) is 19.1 Å². The molecule has 1 aliphatic carbocycles. The maximum atomic E-state index is 5.54. The number of nitrogens with one attached hydrogen (secondary N) is 2. The third-order valence-corrected chi connectivity index (χ3v) is 5.87. The van der Waals surface area contributed by atoms with Gasteiger partial charge in [0, 0.05) is 12.5 Å². The molecule has 34 heavy (non-hydrogen) atoms. The minimum Gasteiger partial charge on any atom is -0.480 e. The number of ether oxygens (including phenoxy) is 1. The van der Waals surface area contributed by atoms with Crippen molar-refractivity contribution < 1.29 is 4.74 Å². The van der Waals surface area contributed by atoms with E-state index in [0.29, 0.717) is 35.6 Å². The van der Waals surface area contributed by atoms with Crippen molar-refractivity contribution in [1.29, 1.82) is 0 Å². The van der Waals surface area contributed by atoms with Crippen molar-refractivity contribution in [3.8, 4) is 23.0 Å². The highest BCUT2D eigenvalue weighted by Crippen LogP contribution is 2.45. The molecular formula is C23H22N10O. The van der Waals surface area contributed by atoms with Crippen molar-refractivity contribution in [3.63, 3.8) is 0 Å². The van der Waals surface area contributed by atoms with Crippen LogP contribution in [-0.4, -0.2) is 52.0 Å². The largest absolute Gasteiger partial charge is 0.480 e. The molecule has 5 aromatic rings. The number of rotatable bonds is 7. The van der Waals surface area contributed by atoms with E-state index >= 15 is 0 Å². The molecule has 2 N–H and O–H groups in total. The summed E-state index contributed by atoms with van der Waals surface area (Å²) in [7, 11) is 1.60. The standard InChI is InChI=1S/C23H22N10O/c1-13-9-29-32-33(13)16-7-3-14(4-8-16)10-24-21-19-22(27-11-26-19)31-20(30-21)17-18(15-5-6-15)25-12-28-23(17)34-2/h3-4,7-9,11-12,15H,5-6,10H2,1-2H3,(H2,24,26,27,30,31). The Morgan fingerprint density at radius 2 is 1.97 bits per heavy atom. The average Bonchev–Trinajstić information content (AvgIpc) is 3.45. The normalized spacial score (nSPS) is 13.4. The van der Waals surface area contributed by atoms with Gasteiger partial charge in [-0.3, -0.25) is 0 Å². The first kappa shape index (κ1) is 20.2. The van der Waals surface area contributed by atoms with Gasteiger partial charge in [0.25, 0.3) is 0 Å². The number of aryl methyl sites for hydroxylation is 1. The summed E-state index contributed by atoms with van der Waals surface area (Å²) in [5, 5.41) is 11.5. The van der Waals surface area contributed by atoms with Gasteiger partial charge in [-0.1, -0.05) is 17.3 Å². The molecule has 0 spiro atoms. The molecule has 1 saturated carbocycles. The van der Waals surface area contributed by atoms with Crippen molar-refractivity contribution in [1.82, 2.24) is 44.9 Å². The zero-order chi connectivity index (χ0) is 23.1. The van der Waals surface area contributed by atoms with Crippen molar-refractivity contribution in [3.05, 3.63) is 60.1 Å². The van der Waals surface area contributed by atoms with Crippen LogP contribution in [0, 0.1) is 6.92 Å². The van der Waals surface area contributed by atoms with Crippen LogP contribution >= 0.6 is 0 Å². The Morgan fingerprint density at radius 1 is 1.12 bits per heavy atom. The first-order chi connectivity index (χ1) is 16.7. The van der Waals surface area contributed by atoms with Gasteiger partial charge in [0.2, 0.25) is 5.88 Å². The second kappa shape index (κ2) is 8.18. The fraction of sp³-hybridized carbons (Fsp3) is 0.261. The number of methoxy groups -OCH3 is 1. The minimum absolute atomic E-state index is 0.383. The van der Waals surface area contributed by atoms with Crippen molar-refractivity contribution in [2.45, 2.75) is 32.2 Å². The lowest BCUT2D eigenvalue weighted by Gasteiger charge is -2.13. The second-order valence-corrected chi connectivity index (χ2v) is 8.22. The second-order valence-electron chi connectivity index (χ2n) is 8.22. The first-order valence-electron chi connectivity index (χ1n) is 11.0. The molecule has 170 valence electrons. The van der Waals surface area contributed by atoms with Gasteiger partial charge in [-0.25, -0.2) is 29.6 Å². The molecule has 0 aliphatic heterocycles. The molecule has 11 heteroatoms. The number of anilines is 1. The van der Waals surface area contributed by atoms with Crippen LogP contribution in [0.3, 0.4) is 0 Å². The van der Waals surface area contributed by atoms with Crippen molar-refractivity contribution >= 4 is 17.0 Å². The summed E-state index contributed by atoms with van der Waals surface area (Å²) in [6, 6.07) is 8.14. The van der Waals surface area contributed by atoms with Crippen LogP contribution in [-0.2, 0) is 6.54 Å². The topological polar surface area (TPSA) is 132 Å². The summed E-state index contributed by atoms with van der Waals surface area (Å²) in [5.74, 6) is 2.01. The van der Waals surface area contributed by atoms with E-state index in [-0.39, 0.29) is 0 Å².